The SMILES string of the molecule is C/C=C(/C=O)[C@H](CC(=O)OCCc1ccc(O)c(O)c1)C(C=O)C(=O)OC. The van der Waals surface area contributed by atoms with Gasteiger partial charge < -0.3 is 24.5 Å². The van der Waals surface area contributed by atoms with Crippen molar-refractivity contribution in [2.75, 3.05) is 13.7 Å². The molecule has 2 N–H and O–H groups in total. The van der Waals surface area contributed by atoms with Gasteiger partial charge in [0.05, 0.1) is 20.1 Å². The van der Waals surface area contributed by atoms with Crippen molar-refractivity contribution < 1.29 is 38.9 Å². The van der Waals surface area contributed by atoms with Gasteiger partial charge in [-0.15, -0.1) is 0 Å². The van der Waals surface area contributed by atoms with E-state index in [-0.39, 0.29) is 36.5 Å². The number of aromatic hydroxyl groups is 2. The van der Waals surface area contributed by atoms with E-state index in [9.17, 15) is 29.4 Å². The van der Waals surface area contributed by atoms with Crippen LogP contribution < -0.4 is 0 Å². The van der Waals surface area contributed by atoms with Crippen LogP contribution in [0.15, 0.2) is 29.8 Å². The Morgan fingerprint density at radius 3 is 2.41 bits per heavy atom. The van der Waals surface area contributed by atoms with E-state index in [0.29, 0.717) is 18.1 Å². The molecule has 0 heterocycles. The number of phenols is 2. The summed E-state index contributed by atoms with van der Waals surface area (Å²) in [6.07, 6.45) is 2.18. The molecule has 0 aliphatic carbocycles. The number of hydrogen-bond acceptors (Lipinski definition) is 8. The maximum Gasteiger partial charge on any atom is 0.316 e. The lowest BCUT2D eigenvalue weighted by atomic mass is 9.84. The number of aldehydes is 2. The molecule has 0 bridgehead atoms. The van der Waals surface area contributed by atoms with Crippen LogP contribution in [0.3, 0.4) is 0 Å². The zero-order valence-electron chi connectivity index (χ0n) is 15.1. The van der Waals surface area contributed by atoms with E-state index in [1.807, 2.05) is 0 Å². The lowest BCUT2D eigenvalue weighted by Crippen LogP contribution is -2.30. The Hall–Kier alpha value is -3.16. The first-order valence-corrected chi connectivity index (χ1v) is 8.18. The highest BCUT2D eigenvalue weighted by molar-refractivity contribution is 5.91. The molecular weight excluding hydrogens is 356 g/mol. The van der Waals surface area contributed by atoms with Gasteiger partial charge in [-0.25, -0.2) is 0 Å². The first-order chi connectivity index (χ1) is 12.9. The molecule has 2 atom stereocenters. The molecule has 8 nitrogen and oxygen atoms in total. The van der Waals surface area contributed by atoms with E-state index in [1.165, 1.54) is 18.2 Å². The van der Waals surface area contributed by atoms with Crippen molar-refractivity contribution >= 4 is 24.5 Å². The third-order valence-corrected chi connectivity index (χ3v) is 4.03. The minimum absolute atomic E-state index is 0.0218. The Morgan fingerprint density at radius 2 is 1.89 bits per heavy atom. The molecule has 0 aliphatic heterocycles. The maximum atomic E-state index is 12.1. The first kappa shape index (κ1) is 21.9. The number of rotatable bonds is 10. The van der Waals surface area contributed by atoms with Crippen molar-refractivity contribution in [2.45, 2.75) is 19.8 Å². The molecule has 0 radical (unpaired) electrons. The average molecular weight is 378 g/mol. The van der Waals surface area contributed by atoms with Crippen LogP contribution in [0.1, 0.15) is 18.9 Å². The fourth-order valence-electron chi connectivity index (χ4n) is 2.52. The van der Waals surface area contributed by atoms with Gasteiger partial charge in [0.25, 0.3) is 0 Å². The van der Waals surface area contributed by atoms with Crippen molar-refractivity contribution in [1.29, 1.82) is 0 Å². The highest BCUT2D eigenvalue weighted by atomic mass is 16.5. The largest absolute Gasteiger partial charge is 0.504 e. The van der Waals surface area contributed by atoms with Crippen LogP contribution in [0, 0.1) is 11.8 Å². The van der Waals surface area contributed by atoms with Crippen LogP contribution in [0.5, 0.6) is 11.5 Å². The summed E-state index contributed by atoms with van der Waals surface area (Å²) in [5.41, 5.74) is 0.759. The summed E-state index contributed by atoms with van der Waals surface area (Å²) in [7, 11) is 1.11. The van der Waals surface area contributed by atoms with Gasteiger partial charge in [0, 0.05) is 12.3 Å². The highest BCUT2D eigenvalue weighted by Gasteiger charge is 2.33. The van der Waals surface area contributed by atoms with Crippen molar-refractivity contribution in [3.05, 3.63) is 35.4 Å². The molecule has 1 unspecified atom stereocenters. The zero-order chi connectivity index (χ0) is 20.4. The van der Waals surface area contributed by atoms with Gasteiger partial charge in [0.1, 0.15) is 18.5 Å². The third kappa shape index (κ3) is 6.25. The summed E-state index contributed by atoms with van der Waals surface area (Å²) < 4.78 is 9.65. The molecule has 146 valence electrons. The molecule has 0 aliphatic rings. The van der Waals surface area contributed by atoms with Gasteiger partial charge in [0.15, 0.2) is 11.5 Å². The van der Waals surface area contributed by atoms with Crippen LogP contribution >= 0.6 is 0 Å². The Labute approximate surface area is 156 Å². The Morgan fingerprint density at radius 1 is 1.19 bits per heavy atom. The monoisotopic (exact) mass is 378 g/mol. The van der Waals surface area contributed by atoms with Crippen LogP contribution in [-0.4, -0.2) is 48.4 Å². The van der Waals surface area contributed by atoms with Crippen molar-refractivity contribution in [3.63, 3.8) is 0 Å². The average Bonchev–Trinajstić information content (AvgIpc) is 2.65. The van der Waals surface area contributed by atoms with Gasteiger partial charge in [-0.1, -0.05) is 12.1 Å². The summed E-state index contributed by atoms with van der Waals surface area (Å²) in [6, 6.07) is 4.22. The third-order valence-electron chi connectivity index (χ3n) is 4.03. The van der Waals surface area contributed by atoms with E-state index in [0.717, 1.165) is 7.11 Å². The normalized spacial score (nSPS) is 13.3. The number of methoxy groups -OCH3 is 1. The lowest BCUT2D eigenvalue weighted by Gasteiger charge is -2.20. The molecule has 0 saturated carbocycles. The number of carbonyl (C=O) groups excluding carboxylic acids is 4. The number of phenolic OH excluding ortho intramolecular Hbond substituents is 2. The second-order valence-electron chi connectivity index (χ2n) is 5.70. The maximum absolute atomic E-state index is 12.1. The summed E-state index contributed by atoms with van der Waals surface area (Å²) in [5, 5.41) is 18.7. The fourth-order valence-corrected chi connectivity index (χ4v) is 2.52. The first-order valence-electron chi connectivity index (χ1n) is 8.18. The van der Waals surface area contributed by atoms with E-state index >= 15 is 0 Å². The van der Waals surface area contributed by atoms with E-state index in [1.54, 1.807) is 13.0 Å². The van der Waals surface area contributed by atoms with Gasteiger partial charge in [-0.2, -0.15) is 0 Å². The molecule has 8 heteroatoms. The minimum atomic E-state index is -1.30. The molecule has 1 aromatic rings. The second kappa shape index (κ2) is 10.7. The lowest BCUT2D eigenvalue weighted by molar-refractivity contribution is -0.150. The van der Waals surface area contributed by atoms with Crippen molar-refractivity contribution in [1.82, 2.24) is 0 Å². The molecule has 1 rings (SSSR count). The molecule has 0 aromatic heterocycles. The predicted molar refractivity (Wildman–Crippen MR) is 93.9 cm³/mol. The number of esters is 2. The minimum Gasteiger partial charge on any atom is -0.504 e. The molecule has 0 amide bonds. The van der Waals surface area contributed by atoms with E-state index in [2.05, 4.69) is 4.74 Å². The number of hydrogen-bond donors (Lipinski definition) is 2. The Kier molecular flexibility index (Phi) is 8.71. The number of ether oxygens (including phenoxy) is 2. The van der Waals surface area contributed by atoms with E-state index < -0.39 is 23.8 Å². The number of benzene rings is 1. The van der Waals surface area contributed by atoms with Crippen LogP contribution in [0.25, 0.3) is 0 Å². The Balaban J connectivity index is 2.75. The summed E-state index contributed by atoms with van der Waals surface area (Å²) in [5.74, 6) is -4.36. The van der Waals surface area contributed by atoms with Gasteiger partial charge in [0.2, 0.25) is 0 Å². The van der Waals surface area contributed by atoms with Crippen molar-refractivity contribution in [3.8, 4) is 11.5 Å². The summed E-state index contributed by atoms with van der Waals surface area (Å²) >= 11 is 0. The molecule has 0 saturated heterocycles. The standard InChI is InChI=1S/C19H22O8/c1-3-13(10-20)14(15(11-21)19(25)26-2)9-18(24)27-7-6-12-4-5-16(22)17(23)8-12/h3-5,8,10-11,14-15,22-23H,6-7,9H2,1-2H3/b13-3-/t14-,15?/m0/s1. The molecule has 1 aromatic carbocycles. The van der Waals surface area contributed by atoms with Crippen LogP contribution in [0.4, 0.5) is 0 Å². The fraction of sp³-hybridized carbons (Fsp3) is 0.368. The van der Waals surface area contributed by atoms with Crippen LogP contribution in [-0.2, 0) is 35.1 Å². The topological polar surface area (TPSA) is 127 Å². The molecule has 27 heavy (non-hydrogen) atoms. The quantitative estimate of drug-likeness (QED) is 0.205. The Bertz CT molecular complexity index is 722. The molecule has 0 fully saturated rings. The van der Waals surface area contributed by atoms with E-state index in [4.69, 9.17) is 4.74 Å². The van der Waals surface area contributed by atoms with Crippen LogP contribution in [0.2, 0.25) is 0 Å². The smallest absolute Gasteiger partial charge is 0.316 e. The predicted octanol–water partition coefficient (Wildman–Crippen LogP) is 1.32. The number of carbonyl (C=O) groups is 4. The number of allylic oxidation sites excluding steroid dienone is 2. The van der Waals surface area contributed by atoms with Gasteiger partial charge in [-0.3, -0.25) is 14.4 Å². The van der Waals surface area contributed by atoms with Gasteiger partial charge in [-0.05, 0) is 30.2 Å². The molecular formula is C19H22O8. The second-order valence-corrected chi connectivity index (χ2v) is 5.70. The van der Waals surface area contributed by atoms with Gasteiger partial charge >= 0.3 is 11.9 Å². The summed E-state index contributed by atoms with van der Waals surface area (Å²) in [4.78, 5) is 46.4. The summed E-state index contributed by atoms with van der Waals surface area (Å²) in [6.45, 7) is 1.53. The zero-order valence-corrected chi connectivity index (χ0v) is 15.1. The van der Waals surface area contributed by atoms with Crippen molar-refractivity contribution in [2.24, 2.45) is 11.8 Å². The highest BCUT2D eigenvalue weighted by Crippen LogP contribution is 2.26. The molecule has 0 spiro atoms.